The summed E-state index contributed by atoms with van der Waals surface area (Å²) in [5, 5.41) is 18.5. The largest absolute Gasteiger partial charge is 0.478 e. The van der Waals surface area contributed by atoms with Crippen LogP contribution in [0.3, 0.4) is 0 Å². The fourth-order valence-electron chi connectivity index (χ4n) is 3.20. The van der Waals surface area contributed by atoms with Crippen molar-refractivity contribution in [3.05, 3.63) is 59.2 Å². The van der Waals surface area contributed by atoms with Crippen molar-refractivity contribution in [2.75, 3.05) is 26.7 Å². The fourth-order valence-corrected chi connectivity index (χ4v) is 3.20. The Hall–Kier alpha value is -4.19. The highest BCUT2D eigenvalue weighted by atomic mass is 16.5. The molecular formula is C22H19N5O4. The van der Waals surface area contributed by atoms with Crippen molar-refractivity contribution in [2.45, 2.75) is 6.42 Å². The van der Waals surface area contributed by atoms with Gasteiger partial charge in [0.2, 0.25) is 5.90 Å². The van der Waals surface area contributed by atoms with Crippen molar-refractivity contribution in [1.29, 1.82) is 5.26 Å². The third kappa shape index (κ3) is 4.53. The molecule has 2 heterocycles. The predicted molar refractivity (Wildman–Crippen MR) is 114 cm³/mol. The molecule has 2 aliphatic heterocycles. The molecule has 0 spiro atoms. The lowest BCUT2D eigenvalue weighted by Crippen LogP contribution is -2.23. The minimum atomic E-state index is -1.15. The quantitative estimate of drug-likeness (QED) is 0.816. The fraction of sp³-hybridized carbons (Fsp3) is 0.227. The molecule has 0 saturated carbocycles. The van der Waals surface area contributed by atoms with E-state index in [1.807, 2.05) is 31.3 Å². The van der Waals surface area contributed by atoms with E-state index in [4.69, 9.17) is 14.7 Å². The second-order valence-corrected chi connectivity index (χ2v) is 6.91. The highest BCUT2D eigenvalue weighted by Gasteiger charge is 2.19. The Morgan fingerprint density at radius 3 is 2.77 bits per heavy atom. The van der Waals surface area contributed by atoms with Crippen LogP contribution in [0.1, 0.15) is 27.9 Å². The number of rotatable bonds is 4. The van der Waals surface area contributed by atoms with Gasteiger partial charge in [-0.15, -0.1) is 0 Å². The normalized spacial score (nSPS) is 15.5. The van der Waals surface area contributed by atoms with Crippen LogP contribution < -0.4 is 9.47 Å². The van der Waals surface area contributed by atoms with Crippen LogP contribution in [0.5, 0.6) is 11.5 Å². The second-order valence-electron chi connectivity index (χ2n) is 6.91. The van der Waals surface area contributed by atoms with Gasteiger partial charge in [-0.25, -0.2) is 9.79 Å². The van der Waals surface area contributed by atoms with Gasteiger partial charge >= 0.3 is 12.0 Å². The molecule has 2 aromatic rings. The molecule has 0 saturated heterocycles. The van der Waals surface area contributed by atoms with Crippen LogP contribution in [-0.2, 0) is 0 Å². The molecule has 31 heavy (non-hydrogen) atoms. The Morgan fingerprint density at radius 2 is 2.03 bits per heavy atom. The van der Waals surface area contributed by atoms with Crippen LogP contribution in [0.15, 0.2) is 57.4 Å². The zero-order chi connectivity index (χ0) is 21.8. The molecule has 2 aliphatic rings. The molecule has 0 amide bonds. The lowest BCUT2D eigenvalue weighted by molar-refractivity contribution is 0.0694. The summed E-state index contributed by atoms with van der Waals surface area (Å²) in [5.74, 6) is 0.621. The number of nitriles is 1. The van der Waals surface area contributed by atoms with E-state index in [0.717, 1.165) is 24.5 Å². The minimum absolute atomic E-state index is 0.0517. The minimum Gasteiger partial charge on any atom is -0.478 e. The van der Waals surface area contributed by atoms with Gasteiger partial charge in [-0.1, -0.05) is 12.1 Å². The van der Waals surface area contributed by atoms with Gasteiger partial charge in [0, 0.05) is 25.6 Å². The average molecular weight is 417 g/mol. The van der Waals surface area contributed by atoms with E-state index in [9.17, 15) is 9.90 Å². The number of nitrogens with zero attached hydrogens (tertiary/aromatic N) is 5. The van der Waals surface area contributed by atoms with Crippen molar-refractivity contribution in [3.8, 4) is 17.6 Å². The predicted octanol–water partition coefficient (Wildman–Crippen LogP) is 2.56. The molecule has 0 aliphatic carbocycles. The van der Waals surface area contributed by atoms with Crippen LogP contribution in [0, 0.1) is 11.3 Å². The second kappa shape index (κ2) is 8.67. The number of ether oxygens (including phenoxy) is 2. The van der Waals surface area contributed by atoms with Crippen LogP contribution in [0.4, 0.5) is 0 Å². The van der Waals surface area contributed by atoms with Crippen molar-refractivity contribution < 1.29 is 19.4 Å². The van der Waals surface area contributed by atoms with Gasteiger partial charge in [-0.2, -0.15) is 10.3 Å². The molecule has 0 bridgehead atoms. The van der Waals surface area contributed by atoms with Gasteiger partial charge in [0.05, 0.1) is 24.7 Å². The standard InChI is InChI=1S/C22H19N5O4/c1-27-10-9-24-20(27)15-3-2-4-16(12-15)30-22-25-8-7-19(26-22)31-18-11-14(13-23)5-6-17(18)21(28)29/h2-6,11-12H,7-10H2,1H3,(H,28,29). The van der Waals surface area contributed by atoms with E-state index < -0.39 is 5.97 Å². The first-order valence-corrected chi connectivity index (χ1v) is 9.64. The summed E-state index contributed by atoms with van der Waals surface area (Å²) in [6, 6.07) is 13.7. The lowest BCUT2D eigenvalue weighted by Gasteiger charge is -2.16. The monoisotopic (exact) mass is 417 g/mol. The number of carboxylic acids is 1. The molecule has 1 N–H and O–H groups in total. The summed E-state index contributed by atoms with van der Waals surface area (Å²) in [7, 11) is 1.99. The Bertz CT molecular complexity index is 1160. The maximum atomic E-state index is 11.5. The summed E-state index contributed by atoms with van der Waals surface area (Å²) in [6.45, 7) is 2.02. The van der Waals surface area contributed by atoms with Gasteiger partial charge in [0.15, 0.2) is 0 Å². The SMILES string of the molecule is CN1CCN=C1c1cccc(OC2=NCCC(Oc3cc(C#N)ccc3C(=O)O)=N2)c1. The molecule has 4 rings (SSSR count). The maximum Gasteiger partial charge on any atom is 0.339 e. The first-order valence-electron chi connectivity index (χ1n) is 9.64. The Kier molecular flexibility index (Phi) is 5.62. The van der Waals surface area contributed by atoms with Gasteiger partial charge < -0.3 is 19.5 Å². The molecule has 0 unspecified atom stereocenters. The number of aromatic carboxylic acids is 1. The topological polar surface area (TPSA) is 120 Å². The third-order valence-corrected chi connectivity index (χ3v) is 4.72. The number of likely N-dealkylation sites (N-methyl/N-ethyl adjacent to an activating group) is 1. The van der Waals surface area contributed by atoms with Crippen LogP contribution in [-0.4, -0.2) is 60.4 Å². The van der Waals surface area contributed by atoms with E-state index in [2.05, 4.69) is 19.9 Å². The Labute approximate surface area is 178 Å². The van der Waals surface area contributed by atoms with E-state index >= 15 is 0 Å². The maximum absolute atomic E-state index is 11.5. The molecule has 0 fully saturated rings. The zero-order valence-corrected chi connectivity index (χ0v) is 16.8. The highest BCUT2D eigenvalue weighted by Crippen LogP contribution is 2.23. The van der Waals surface area contributed by atoms with Crippen molar-refractivity contribution in [2.24, 2.45) is 15.0 Å². The highest BCUT2D eigenvalue weighted by molar-refractivity contribution is 6.00. The van der Waals surface area contributed by atoms with Gasteiger partial charge in [-0.3, -0.25) is 4.99 Å². The zero-order valence-electron chi connectivity index (χ0n) is 16.8. The van der Waals surface area contributed by atoms with Crippen LogP contribution in [0.25, 0.3) is 0 Å². The Balaban J connectivity index is 1.53. The summed E-state index contributed by atoms with van der Waals surface area (Å²) < 4.78 is 11.5. The van der Waals surface area contributed by atoms with Crippen molar-refractivity contribution in [3.63, 3.8) is 0 Å². The summed E-state index contributed by atoms with van der Waals surface area (Å²) in [6.07, 6.45) is 0.379. The molecule has 0 atom stereocenters. The van der Waals surface area contributed by atoms with E-state index in [0.29, 0.717) is 18.7 Å². The molecule has 156 valence electrons. The van der Waals surface area contributed by atoms with Crippen molar-refractivity contribution in [1.82, 2.24) is 4.90 Å². The molecular weight excluding hydrogens is 398 g/mol. The van der Waals surface area contributed by atoms with Gasteiger partial charge in [-0.05, 0) is 30.3 Å². The van der Waals surface area contributed by atoms with Crippen molar-refractivity contribution >= 4 is 23.7 Å². The summed E-state index contributed by atoms with van der Waals surface area (Å²) in [4.78, 5) is 26.6. The van der Waals surface area contributed by atoms with Crippen LogP contribution >= 0.6 is 0 Å². The van der Waals surface area contributed by atoms with E-state index in [1.165, 1.54) is 18.2 Å². The molecule has 0 aromatic heterocycles. The van der Waals surface area contributed by atoms with Gasteiger partial charge in [0.25, 0.3) is 0 Å². The van der Waals surface area contributed by atoms with E-state index in [-0.39, 0.29) is 28.8 Å². The number of carboxylic acid groups (broad SMARTS) is 1. The summed E-state index contributed by atoms with van der Waals surface area (Å²) >= 11 is 0. The lowest BCUT2D eigenvalue weighted by atomic mass is 10.1. The molecule has 0 radical (unpaired) electrons. The number of aliphatic imine (C=N–C) groups is 3. The number of hydrogen-bond donors (Lipinski definition) is 1. The van der Waals surface area contributed by atoms with E-state index in [1.54, 1.807) is 6.07 Å². The average Bonchev–Trinajstić information content (AvgIpc) is 3.20. The number of hydrogen-bond acceptors (Lipinski definition) is 8. The Morgan fingerprint density at radius 1 is 1.16 bits per heavy atom. The van der Waals surface area contributed by atoms with Crippen LogP contribution in [0.2, 0.25) is 0 Å². The third-order valence-electron chi connectivity index (χ3n) is 4.72. The number of benzene rings is 2. The number of amidine groups is 2. The molecule has 9 nitrogen and oxygen atoms in total. The first-order chi connectivity index (χ1) is 15.0. The van der Waals surface area contributed by atoms with Gasteiger partial charge in [0.1, 0.15) is 22.9 Å². The first kappa shape index (κ1) is 20.1. The smallest absolute Gasteiger partial charge is 0.339 e. The summed E-state index contributed by atoms with van der Waals surface area (Å²) in [5.41, 5.74) is 1.17. The number of carbonyl (C=O) groups is 1. The molecule has 9 heteroatoms. The molecule has 2 aromatic carbocycles.